The molecule has 0 amide bonds. The fraction of sp³-hybridized carbons (Fsp3) is 0.381. The highest BCUT2D eigenvalue weighted by Gasteiger charge is 2.52. The molecule has 0 aromatic heterocycles. The third-order valence-electron chi connectivity index (χ3n) is 4.85. The van der Waals surface area contributed by atoms with Gasteiger partial charge in [-0.1, -0.05) is 49.0 Å². The Kier molecular flexibility index (Phi) is 6.42. The first kappa shape index (κ1) is 19.7. The molecule has 1 aliphatic rings. The summed E-state index contributed by atoms with van der Waals surface area (Å²) in [6.45, 7) is 3.13. The fourth-order valence-corrected chi connectivity index (χ4v) is 4.76. The van der Waals surface area contributed by atoms with Crippen LogP contribution in [0.5, 0.6) is 5.75 Å². The van der Waals surface area contributed by atoms with Gasteiger partial charge in [-0.3, -0.25) is 4.79 Å². The van der Waals surface area contributed by atoms with Crippen molar-refractivity contribution in [2.45, 2.75) is 35.8 Å². The maximum absolute atomic E-state index is 11.8. The zero-order valence-corrected chi connectivity index (χ0v) is 16.4. The predicted molar refractivity (Wildman–Crippen MR) is 106 cm³/mol. The Labute approximate surface area is 164 Å². The molecule has 5 nitrogen and oxygen atoms in total. The molecule has 3 rings (SSSR count). The van der Waals surface area contributed by atoms with Crippen molar-refractivity contribution >= 4 is 17.7 Å². The van der Waals surface area contributed by atoms with E-state index in [-0.39, 0.29) is 5.92 Å². The lowest BCUT2D eigenvalue weighted by molar-refractivity contribution is -0.144. The van der Waals surface area contributed by atoms with E-state index in [1.807, 2.05) is 61.5 Å². The summed E-state index contributed by atoms with van der Waals surface area (Å²) in [4.78, 5) is 11.9. The average Bonchev–Trinajstić information content (AvgIpc) is 3.03. The van der Waals surface area contributed by atoms with Crippen LogP contribution in [-0.4, -0.2) is 35.7 Å². The molecule has 0 spiro atoms. The van der Waals surface area contributed by atoms with Gasteiger partial charge in [0.25, 0.3) is 0 Å². The number of hydrogen-bond acceptors (Lipinski definition) is 5. The molecule has 1 heterocycles. The highest BCUT2D eigenvalue weighted by Crippen LogP contribution is 2.47. The molecule has 0 aliphatic carbocycles. The van der Waals surface area contributed by atoms with Gasteiger partial charge in [0.1, 0.15) is 23.3 Å². The van der Waals surface area contributed by atoms with Gasteiger partial charge in [0.05, 0.1) is 0 Å². The molecule has 2 N–H and O–H groups in total. The fourth-order valence-electron chi connectivity index (χ4n) is 3.32. The van der Waals surface area contributed by atoms with E-state index >= 15 is 0 Å². The molecule has 1 saturated heterocycles. The van der Waals surface area contributed by atoms with Crippen LogP contribution in [0.15, 0.2) is 59.5 Å². The van der Waals surface area contributed by atoms with E-state index in [9.17, 15) is 9.90 Å². The lowest BCUT2D eigenvalue weighted by Crippen LogP contribution is -2.54. The topological polar surface area (TPSA) is 67.8 Å². The molecule has 3 atom stereocenters. The first-order valence-corrected chi connectivity index (χ1v) is 9.86. The Morgan fingerprint density at radius 3 is 2.56 bits per heavy atom. The number of carboxylic acid groups (broad SMARTS) is 1. The monoisotopic (exact) mass is 387 g/mol. The smallest absolute Gasteiger partial charge is 0.324 e. The van der Waals surface area contributed by atoms with E-state index in [4.69, 9.17) is 9.47 Å². The molecular formula is C21H25NO4S. The Morgan fingerprint density at radius 2 is 2.00 bits per heavy atom. The van der Waals surface area contributed by atoms with Crippen molar-refractivity contribution < 1.29 is 19.4 Å². The number of rotatable bonds is 8. The average molecular weight is 388 g/mol. The molecule has 2 aromatic carbocycles. The first-order chi connectivity index (χ1) is 13.0. The minimum absolute atomic E-state index is 0.116. The zero-order chi connectivity index (χ0) is 19.3. The summed E-state index contributed by atoms with van der Waals surface area (Å²) >= 11 is 1.47. The number of carbonyl (C=O) groups is 1. The molecule has 1 fully saturated rings. The maximum atomic E-state index is 11.8. The standard InChI is InChI=1S/C21H25NO4S/c1-15-12-13-26-21(15,19(22-2)20(23)24)27-18-10-8-17(9-11-18)25-14-16-6-4-3-5-7-16/h3-11,15,19,22H,12-14H2,1-2H3,(H,23,24). The van der Waals surface area contributed by atoms with E-state index < -0.39 is 16.9 Å². The number of thioether (sulfide) groups is 1. The molecule has 0 saturated carbocycles. The Hall–Kier alpha value is -2.02. The number of nitrogens with one attached hydrogen (secondary N) is 1. The number of hydrogen-bond donors (Lipinski definition) is 2. The summed E-state index contributed by atoms with van der Waals surface area (Å²) in [5.41, 5.74) is 1.11. The van der Waals surface area contributed by atoms with Gasteiger partial charge in [0, 0.05) is 11.5 Å². The van der Waals surface area contributed by atoms with Crippen LogP contribution in [0.4, 0.5) is 0 Å². The van der Waals surface area contributed by atoms with E-state index in [1.54, 1.807) is 7.05 Å². The normalized spacial score (nSPS) is 23.1. The minimum atomic E-state index is -0.901. The van der Waals surface area contributed by atoms with Crippen LogP contribution >= 0.6 is 11.8 Å². The third kappa shape index (κ3) is 4.46. The molecule has 0 radical (unpaired) electrons. The largest absolute Gasteiger partial charge is 0.489 e. The summed E-state index contributed by atoms with van der Waals surface area (Å²) < 4.78 is 11.8. The van der Waals surface area contributed by atoms with Crippen molar-refractivity contribution in [1.29, 1.82) is 0 Å². The van der Waals surface area contributed by atoms with Crippen molar-refractivity contribution in [3.63, 3.8) is 0 Å². The molecule has 1 aliphatic heterocycles. The number of likely N-dealkylation sites (N-methyl/N-ethyl adjacent to an activating group) is 1. The van der Waals surface area contributed by atoms with Gasteiger partial charge in [-0.15, -0.1) is 0 Å². The van der Waals surface area contributed by atoms with Gasteiger partial charge in [-0.25, -0.2) is 0 Å². The van der Waals surface area contributed by atoms with Gasteiger partial charge in [-0.05, 0) is 49.2 Å². The third-order valence-corrected chi connectivity index (χ3v) is 6.44. The Bertz CT molecular complexity index is 753. The van der Waals surface area contributed by atoms with Crippen LogP contribution in [-0.2, 0) is 16.1 Å². The van der Waals surface area contributed by atoms with Crippen LogP contribution in [0, 0.1) is 5.92 Å². The quantitative estimate of drug-likeness (QED) is 0.718. The highest BCUT2D eigenvalue weighted by molar-refractivity contribution is 8.00. The second-order valence-electron chi connectivity index (χ2n) is 6.67. The summed E-state index contributed by atoms with van der Waals surface area (Å²) in [5.74, 6) is -0.00679. The van der Waals surface area contributed by atoms with E-state index in [0.29, 0.717) is 13.2 Å². The molecule has 0 bridgehead atoms. The number of carboxylic acids is 1. The van der Waals surface area contributed by atoms with E-state index in [2.05, 4.69) is 5.32 Å². The van der Waals surface area contributed by atoms with Crippen molar-refractivity contribution in [2.24, 2.45) is 5.92 Å². The number of aliphatic carboxylic acids is 1. The SMILES string of the molecule is CNC(C(=O)O)C1(Sc2ccc(OCc3ccccc3)cc2)OCCC1C. The van der Waals surface area contributed by atoms with Crippen LogP contribution in [0.1, 0.15) is 18.9 Å². The zero-order valence-electron chi connectivity index (χ0n) is 15.6. The molecule has 6 heteroatoms. The maximum Gasteiger partial charge on any atom is 0.324 e. The van der Waals surface area contributed by atoms with Gasteiger partial charge < -0.3 is 19.9 Å². The van der Waals surface area contributed by atoms with Gasteiger partial charge in [0.2, 0.25) is 0 Å². The Balaban J connectivity index is 1.71. The number of ether oxygens (including phenoxy) is 2. The summed E-state index contributed by atoms with van der Waals surface area (Å²) in [7, 11) is 1.66. The summed E-state index contributed by atoms with van der Waals surface area (Å²) in [5, 5.41) is 12.6. The van der Waals surface area contributed by atoms with E-state index in [0.717, 1.165) is 22.6 Å². The van der Waals surface area contributed by atoms with Crippen LogP contribution in [0.2, 0.25) is 0 Å². The van der Waals surface area contributed by atoms with Gasteiger partial charge >= 0.3 is 5.97 Å². The van der Waals surface area contributed by atoms with E-state index in [1.165, 1.54) is 11.8 Å². The molecule has 27 heavy (non-hydrogen) atoms. The van der Waals surface area contributed by atoms with Crippen LogP contribution in [0.3, 0.4) is 0 Å². The Morgan fingerprint density at radius 1 is 1.30 bits per heavy atom. The molecule has 3 unspecified atom stereocenters. The second kappa shape index (κ2) is 8.78. The van der Waals surface area contributed by atoms with Gasteiger partial charge in [0.15, 0.2) is 0 Å². The molecule has 144 valence electrons. The summed E-state index contributed by atoms with van der Waals surface area (Å²) in [6, 6.07) is 16.9. The molecular weight excluding hydrogens is 362 g/mol. The second-order valence-corrected chi connectivity index (χ2v) is 7.98. The predicted octanol–water partition coefficient (Wildman–Crippen LogP) is 3.78. The summed E-state index contributed by atoms with van der Waals surface area (Å²) in [6.07, 6.45) is 0.844. The van der Waals surface area contributed by atoms with Crippen LogP contribution < -0.4 is 10.1 Å². The van der Waals surface area contributed by atoms with Crippen molar-refractivity contribution in [3.8, 4) is 5.75 Å². The minimum Gasteiger partial charge on any atom is -0.489 e. The van der Waals surface area contributed by atoms with Gasteiger partial charge in [-0.2, -0.15) is 0 Å². The molecule has 2 aromatic rings. The lowest BCUT2D eigenvalue weighted by Gasteiger charge is -2.37. The number of benzene rings is 2. The lowest BCUT2D eigenvalue weighted by atomic mass is 9.97. The highest BCUT2D eigenvalue weighted by atomic mass is 32.2. The van der Waals surface area contributed by atoms with Crippen molar-refractivity contribution in [3.05, 3.63) is 60.2 Å². The van der Waals surface area contributed by atoms with Crippen LogP contribution in [0.25, 0.3) is 0 Å². The first-order valence-electron chi connectivity index (χ1n) is 9.05. The van der Waals surface area contributed by atoms with Crippen molar-refractivity contribution in [1.82, 2.24) is 5.32 Å². The van der Waals surface area contributed by atoms with Crippen molar-refractivity contribution in [2.75, 3.05) is 13.7 Å².